The zero-order chi connectivity index (χ0) is 9.41. The Bertz CT molecular complexity index is 158. The zero-order valence-electron chi connectivity index (χ0n) is 9.20. The first-order chi connectivity index (χ1) is 5.44. The average Bonchev–Trinajstić information content (AvgIpc) is 2.16. The fourth-order valence-corrected chi connectivity index (χ4v) is 2.44. The molecule has 2 atom stereocenters. The Morgan fingerprint density at radius 3 is 2.25 bits per heavy atom. The summed E-state index contributed by atoms with van der Waals surface area (Å²) in [6, 6.07) is 0. The summed E-state index contributed by atoms with van der Waals surface area (Å²) in [6.45, 7) is 12.8. The second-order valence-corrected chi connectivity index (χ2v) is 5.02. The first kappa shape index (κ1) is 10.0. The second kappa shape index (κ2) is 3.02. The molecule has 1 unspecified atom stereocenters. The lowest BCUT2D eigenvalue weighted by Crippen LogP contribution is -2.51. The quantitative estimate of drug-likeness (QED) is 0.670. The molecule has 72 valence electrons. The molecule has 0 heterocycles. The van der Waals surface area contributed by atoms with Crippen molar-refractivity contribution in [2.75, 3.05) is 6.54 Å². The van der Waals surface area contributed by atoms with Gasteiger partial charge >= 0.3 is 0 Å². The van der Waals surface area contributed by atoms with Crippen molar-refractivity contribution in [2.45, 2.75) is 53.0 Å². The standard InChI is InChI=1S/C11H23N/c1-6-12-11(5)8-7-9(2)10(11,3)4/h9,12H,6-8H2,1-5H3/t9?,11-/m0/s1. The van der Waals surface area contributed by atoms with Crippen molar-refractivity contribution in [2.24, 2.45) is 11.3 Å². The molecule has 0 aromatic carbocycles. The molecule has 1 N–H and O–H groups in total. The van der Waals surface area contributed by atoms with Gasteiger partial charge in [-0.1, -0.05) is 27.7 Å². The topological polar surface area (TPSA) is 12.0 Å². The Balaban J connectivity index is 2.78. The summed E-state index contributed by atoms with van der Waals surface area (Å²) in [6.07, 6.45) is 2.70. The van der Waals surface area contributed by atoms with Gasteiger partial charge in [0.2, 0.25) is 0 Å². The molecule has 0 aromatic heterocycles. The summed E-state index contributed by atoms with van der Waals surface area (Å²) in [5.41, 5.74) is 0.810. The van der Waals surface area contributed by atoms with Gasteiger partial charge in [0, 0.05) is 5.54 Å². The minimum atomic E-state index is 0.362. The lowest BCUT2D eigenvalue weighted by Gasteiger charge is -2.41. The molecule has 0 amide bonds. The van der Waals surface area contributed by atoms with Crippen molar-refractivity contribution in [3.8, 4) is 0 Å². The summed E-state index contributed by atoms with van der Waals surface area (Å²) in [4.78, 5) is 0. The van der Waals surface area contributed by atoms with E-state index in [0.29, 0.717) is 11.0 Å². The van der Waals surface area contributed by atoms with Gasteiger partial charge in [0.1, 0.15) is 0 Å². The average molecular weight is 169 g/mol. The molecule has 1 nitrogen and oxygen atoms in total. The minimum Gasteiger partial charge on any atom is -0.311 e. The van der Waals surface area contributed by atoms with Gasteiger partial charge in [-0.05, 0) is 37.6 Å². The molecule has 1 fully saturated rings. The van der Waals surface area contributed by atoms with Gasteiger partial charge in [-0.25, -0.2) is 0 Å². The number of hydrogen-bond acceptors (Lipinski definition) is 1. The van der Waals surface area contributed by atoms with Gasteiger partial charge in [0.25, 0.3) is 0 Å². The number of hydrogen-bond donors (Lipinski definition) is 1. The maximum atomic E-state index is 3.64. The van der Waals surface area contributed by atoms with Gasteiger partial charge in [0.15, 0.2) is 0 Å². The Kier molecular flexibility index (Phi) is 2.53. The van der Waals surface area contributed by atoms with Crippen LogP contribution in [0.3, 0.4) is 0 Å². The van der Waals surface area contributed by atoms with E-state index in [0.717, 1.165) is 12.5 Å². The van der Waals surface area contributed by atoms with E-state index in [1.165, 1.54) is 12.8 Å². The molecule has 1 aliphatic carbocycles. The summed E-state index contributed by atoms with van der Waals surface area (Å²) in [5.74, 6) is 0.849. The third-order valence-corrected chi connectivity index (χ3v) is 4.30. The van der Waals surface area contributed by atoms with Crippen molar-refractivity contribution in [1.29, 1.82) is 0 Å². The van der Waals surface area contributed by atoms with Crippen LogP contribution in [-0.4, -0.2) is 12.1 Å². The molecule has 12 heavy (non-hydrogen) atoms. The predicted molar refractivity (Wildman–Crippen MR) is 54.3 cm³/mol. The third kappa shape index (κ3) is 1.28. The Hall–Kier alpha value is -0.0400. The maximum Gasteiger partial charge on any atom is 0.0206 e. The van der Waals surface area contributed by atoms with Crippen LogP contribution in [0.5, 0.6) is 0 Å². The highest BCUT2D eigenvalue weighted by Crippen LogP contribution is 2.49. The molecule has 1 saturated carbocycles. The highest BCUT2D eigenvalue weighted by atomic mass is 15.0. The maximum absolute atomic E-state index is 3.64. The third-order valence-electron chi connectivity index (χ3n) is 4.30. The summed E-state index contributed by atoms with van der Waals surface area (Å²) in [7, 11) is 0. The van der Waals surface area contributed by atoms with Crippen molar-refractivity contribution < 1.29 is 0 Å². The van der Waals surface area contributed by atoms with Crippen LogP contribution in [0.2, 0.25) is 0 Å². The van der Waals surface area contributed by atoms with E-state index in [4.69, 9.17) is 0 Å². The van der Waals surface area contributed by atoms with Crippen LogP contribution < -0.4 is 5.32 Å². The fourth-order valence-electron chi connectivity index (χ4n) is 2.44. The van der Waals surface area contributed by atoms with Crippen LogP contribution in [0.1, 0.15) is 47.5 Å². The first-order valence-corrected chi connectivity index (χ1v) is 5.19. The number of rotatable bonds is 2. The van der Waals surface area contributed by atoms with Crippen molar-refractivity contribution in [1.82, 2.24) is 5.32 Å². The molecule has 0 bridgehead atoms. The van der Waals surface area contributed by atoms with Gasteiger partial charge in [-0.15, -0.1) is 0 Å². The smallest absolute Gasteiger partial charge is 0.0206 e. The molecule has 0 aromatic rings. The Labute approximate surface area is 76.9 Å². The number of nitrogens with one attached hydrogen (secondary N) is 1. The monoisotopic (exact) mass is 169 g/mol. The van der Waals surface area contributed by atoms with Crippen LogP contribution >= 0.6 is 0 Å². The molecule has 1 rings (SSSR count). The molecule has 0 aliphatic heterocycles. The zero-order valence-corrected chi connectivity index (χ0v) is 9.20. The van der Waals surface area contributed by atoms with E-state index in [2.05, 4.69) is 39.9 Å². The highest BCUT2D eigenvalue weighted by molar-refractivity contribution is 5.04. The van der Waals surface area contributed by atoms with Crippen LogP contribution in [-0.2, 0) is 0 Å². The molecule has 1 heteroatoms. The van der Waals surface area contributed by atoms with Crippen LogP contribution in [0.4, 0.5) is 0 Å². The van der Waals surface area contributed by atoms with E-state index in [1.54, 1.807) is 0 Å². The predicted octanol–water partition coefficient (Wildman–Crippen LogP) is 2.81. The van der Waals surface area contributed by atoms with Crippen molar-refractivity contribution in [3.63, 3.8) is 0 Å². The van der Waals surface area contributed by atoms with Crippen LogP contribution in [0.25, 0.3) is 0 Å². The Morgan fingerprint density at radius 1 is 1.33 bits per heavy atom. The van der Waals surface area contributed by atoms with E-state index in [1.807, 2.05) is 0 Å². The minimum absolute atomic E-state index is 0.362. The summed E-state index contributed by atoms with van der Waals surface area (Å²) in [5, 5.41) is 3.64. The summed E-state index contributed by atoms with van der Waals surface area (Å²) >= 11 is 0. The van der Waals surface area contributed by atoms with Crippen molar-refractivity contribution >= 4 is 0 Å². The SMILES string of the molecule is CCN[C@@]1(C)CCC(C)C1(C)C. The van der Waals surface area contributed by atoms with E-state index in [-0.39, 0.29) is 0 Å². The molecular formula is C11H23N. The fraction of sp³-hybridized carbons (Fsp3) is 1.00. The van der Waals surface area contributed by atoms with E-state index < -0.39 is 0 Å². The lowest BCUT2D eigenvalue weighted by molar-refractivity contribution is 0.139. The van der Waals surface area contributed by atoms with Gasteiger partial charge < -0.3 is 5.32 Å². The highest BCUT2D eigenvalue weighted by Gasteiger charge is 2.48. The first-order valence-electron chi connectivity index (χ1n) is 5.19. The van der Waals surface area contributed by atoms with Crippen LogP contribution in [0.15, 0.2) is 0 Å². The van der Waals surface area contributed by atoms with Gasteiger partial charge in [-0.3, -0.25) is 0 Å². The normalized spacial score (nSPS) is 40.2. The largest absolute Gasteiger partial charge is 0.311 e. The van der Waals surface area contributed by atoms with E-state index in [9.17, 15) is 0 Å². The van der Waals surface area contributed by atoms with Crippen LogP contribution in [0, 0.1) is 11.3 Å². The van der Waals surface area contributed by atoms with Crippen molar-refractivity contribution in [3.05, 3.63) is 0 Å². The molecule has 0 spiro atoms. The Morgan fingerprint density at radius 2 is 1.92 bits per heavy atom. The van der Waals surface area contributed by atoms with Gasteiger partial charge in [-0.2, -0.15) is 0 Å². The second-order valence-electron chi connectivity index (χ2n) is 5.02. The molecule has 1 aliphatic rings. The summed E-state index contributed by atoms with van der Waals surface area (Å²) < 4.78 is 0. The molecule has 0 radical (unpaired) electrons. The van der Waals surface area contributed by atoms with E-state index >= 15 is 0 Å². The molecular weight excluding hydrogens is 146 g/mol. The van der Waals surface area contributed by atoms with Gasteiger partial charge in [0.05, 0.1) is 0 Å². The molecule has 0 saturated heterocycles. The lowest BCUT2D eigenvalue weighted by atomic mass is 9.72.